The molecule has 0 aromatic rings. The van der Waals surface area contributed by atoms with Crippen LogP contribution in [0, 0.1) is 0 Å². The molecule has 21 heteroatoms. The summed E-state index contributed by atoms with van der Waals surface area (Å²) in [5.41, 5.74) is 0. The molecule has 23 radical (unpaired) electrons. The van der Waals surface area contributed by atoms with Gasteiger partial charge in [-0.05, 0) is 123 Å². The third kappa shape index (κ3) is 9.27. The van der Waals surface area contributed by atoms with Gasteiger partial charge in [-0.2, -0.15) is 12.8 Å². The zero-order chi connectivity index (χ0) is 16.0. The fourth-order valence-electron chi connectivity index (χ4n) is 2.18. The standard InChI is InChI=1S/B20.K/c1-11-17(10)19(20(15(6)7)16(8)9)12-18(13(2)3)14(4)5;/q-1;+1. The van der Waals surface area contributed by atoms with Crippen molar-refractivity contribution in [3.05, 3.63) is 0 Å². The minimum Gasteiger partial charge on any atom is -0.441 e. The summed E-state index contributed by atoms with van der Waals surface area (Å²) < 4.78 is 0. The van der Waals surface area contributed by atoms with Gasteiger partial charge in [0, 0.05) is 0 Å². The van der Waals surface area contributed by atoms with Crippen molar-refractivity contribution in [1.29, 1.82) is 0 Å². The maximum absolute atomic E-state index is 5.94. The van der Waals surface area contributed by atoms with E-state index in [0.717, 1.165) is 0 Å². The van der Waals surface area contributed by atoms with Crippen LogP contribution in [0.2, 0.25) is 0 Å². The summed E-state index contributed by atoms with van der Waals surface area (Å²) in [6, 6.07) is 0. The predicted octanol–water partition coefficient (Wildman–Crippen LogP) is -10.6. The molecule has 0 aromatic heterocycles. The molecule has 61 valence electrons. The van der Waals surface area contributed by atoms with E-state index < -0.39 is 51.1 Å². The minimum atomic E-state index is -0.800. The smallest absolute Gasteiger partial charge is 0.441 e. The van der Waals surface area contributed by atoms with Crippen LogP contribution in [-0.4, -0.2) is 143 Å². The van der Waals surface area contributed by atoms with Gasteiger partial charge in [-0.1, -0.05) is 0 Å². The zero-order valence-electron chi connectivity index (χ0n) is 12.5. The summed E-state index contributed by atoms with van der Waals surface area (Å²) in [5, 5.41) is 0. The van der Waals surface area contributed by atoms with Crippen molar-refractivity contribution in [2.45, 2.75) is 0 Å². The van der Waals surface area contributed by atoms with E-state index >= 15 is 0 Å². The summed E-state index contributed by atoms with van der Waals surface area (Å²) in [5.74, 6) is 0. The zero-order valence-corrected chi connectivity index (χ0v) is 15.7. The van der Waals surface area contributed by atoms with Gasteiger partial charge >= 0.3 is 51.4 Å². The van der Waals surface area contributed by atoms with Gasteiger partial charge in [0.15, 0.2) is 0 Å². The van der Waals surface area contributed by atoms with Crippen molar-refractivity contribution in [1.82, 2.24) is 0 Å². The first-order valence-electron chi connectivity index (χ1n) is 6.33. The van der Waals surface area contributed by atoms with Crippen molar-refractivity contribution in [2.75, 3.05) is 0 Å². The average molecular weight is 255 g/mol. The normalized spacial score (nSPS) is 8.76. The van der Waals surface area contributed by atoms with Gasteiger partial charge in [0.1, 0.15) is 0 Å². The predicted molar refractivity (Wildman–Crippen MR) is 115 cm³/mol. The summed E-state index contributed by atoms with van der Waals surface area (Å²) in [6.45, 7) is 0. The Morgan fingerprint density at radius 1 is 0.619 bits per heavy atom. The molecular formula is B20K. The first kappa shape index (κ1) is 26.2. The first-order chi connectivity index (χ1) is 9.13. The van der Waals surface area contributed by atoms with Crippen LogP contribution < -0.4 is 51.4 Å². The second-order valence-electron chi connectivity index (χ2n) is 5.00. The second kappa shape index (κ2) is 13.2. The van der Waals surface area contributed by atoms with Crippen LogP contribution in [0.5, 0.6) is 0 Å². The molecule has 0 amide bonds. The van der Waals surface area contributed by atoms with E-state index in [-0.39, 0.29) is 51.4 Å². The van der Waals surface area contributed by atoms with E-state index in [2.05, 4.69) is 0 Å². The molecule has 0 aliphatic rings. The van der Waals surface area contributed by atoms with Crippen LogP contribution in [-0.2, 0) is 0 Å². The van der Waals surface area contributed by atoms with Crippen LogP contribution in [0.4, 0.5) is 0 Å². The number of rotatable bonds is 9. The Hall–Kier alpha value is 2.94. The van der Waals surface area contributed by atoms with Crippen molar-refractivity contribution in [2.24, 2.45) is 0 Å². The molecule has 0 aromatic carbocycles. The maximum Gasteiger partial charge on any atom is 1.00 e. The Kier molecular flexibility index (Phi) is 16.4. The van der Waals surface area contributed by atoms with Crippen molar-refractivity contribution in [3.8, 4) is 0 Å². The molecule has 0 N–H and O–H groups in total. The van der Waals surface area contributed by atoms with E-state index in [1.807, 2.05) is 0 Å². The molecule has 0 heterocycles. The summed E-state index contributed by atoms with van der Waals surface area (Å²) in [4.78, 5) is 0. The van der Waals surface area contributed by atoms with Crippen LogP contribution in [0.3, 0.4) is 0 Å². The van der Waals surface area contributed by atoms with Crippen LogP contribution >= 0.6 is 0 Å². The largest absolute Gasteiger partial charge is 1.00 e. The van der Waals surface area contributed by atoms with Crippen molar-refractivity contribution >= 4 is 143 Å². The molecule has 0 atom stereocenters. The minimum absolute atomic E-state index is 0. The van der Waals surface area contributed by atoms with E-state index in [0.29, 0.717) is 0 Å². The van der Waals surface area contributed by atoms with Crippen molar-refractivity contribution in [3.63, 3.8) is 0 Å². The average Bonchev–Trinajstić information content (AvgIpc) is 2.30. The van der Waals surface area contributed by atoms with E-state index in [9.17, 15) is 0 Å². The van der Waals surface area contributed by atoms with Gasteiger partial charge in [0.25, 0.3) is 0 Å². The molecule has 0 spiro atoms. The third-order valence-corrected chi connectivity index (χ3v) is 3.33. The fourth-order valence-corrected chi connectivity index (χ4v) is 2.18. The molecule has 0 saturated heterocycles. The van der Waals surface area contributed by atoms with Gasteiger partial charge in [-0.3, -0.25) is 0 Å². The molecule has 0 rings (SSSR count). The topological polar surface area (TPSA) is 0 Å². The Bertz CT molecular complexity index is 226. The van der Waals surface area contributed by atoms with Crippen LogP contribution in [0.15, 0.2) is 0 Å². The molecule has 0 saturated carbocycles. The summed E-state index contributed by atoms with van der Waals surface area (Å²) in [6.07, 6.45) is -5.26. The van der Waals surface area contributed by atoms with Gasteiger partial charge < -0.3 is 7.06 Å². The van der Waals surface area contributed by atoms with E-state index in [4.69, 9.17) is 77.4 Å². The second-order valence-corrected chi connectivity index (χ2v) is 5.00. The van der Waals surface area contributed by atoms with E-state index in [1.165, 1.54) is 7.06 Å². The molecule has 0 unspecified atom stereocenters. The Morgan fingerprint density at radius 2 is 1.00 bits per heavy atom. The number of hydrogen-bond donors (Lipinski definition) is 0. The van der Waals surface area contributed by atoms with Gasteiger partial charge in [0.2, 0.25) is 0 Å². The maximum atomic E-state index is 5.94. The molecule has 0 fully saturated rings. The third-order valence-electron chi connectivity index (χ3n) is 3.33. The summed E-state index contributed by atoms with van der Waals surface area (Å²) >= 11 is 0. The Balaban J connectivity index is 0. The fraction of sp³-hybridized carbons (Fsp3) is 0. The van der Waals surface area contributed by atoms with Crippen LogP contribution in [0.25, 0.3) is 0 Å². The molecule has 0 aliphatic carbocycles. The number of hydrogen-bond acceptors (Lipinski definition) is 0. The monoisotopic (exact) mass is 259 g/mol. The summed E-state index contributed by atoms with van der Waals surface area (Å²) in [7, 11) is 59.9. The quantitative estimate of drug-likeness (QED) is 0.359. The molecule has 21 heavy (non-hydrogen) atoms. The molecule has 0 bridgehead atoms. The Morgan fingerprint density at radius 3 is 1.24 bits per heavy atom. The Labute approximate surface area is 191 Å². The molecule has 0 nitrogen and oxygen atoms in total. The van der Waals surface area contributed by atoms with Gasteiger partial charge in [0.05, 0.1) is 0 Å². The van der Waals surface area contributed by atoms with Crippen LogP contribution in [0.1, 0.15) is 0 Å². The molecular weight excluding hydrogens is 255 g/mol. The van der Waals surface area contributed by atoms with Gasteiger partial charge in [-0.25, -0.2) is 0 Å². The molecule has 0 aliphatic heterocycles. The van der Waals surface area contributed by atoms with Crippen molar-refractivity contribution < 1.29 is 51.4 Å². The van der Waals surface area contributed by atoms with Gasteiger partial charge in [-0.15, -0.1) is 0 Å². The SMILES string of the molecule is [B][B]B([B])B([B-]B(B([B])[B])B([B])[B])B(B([B])[B])B([B])[B].[K+]. The first-order valence-corrected chi connectivity index (χ1v) is 6.33. The van der Waals surface area contributed by atoms with E-state index in [1.54, 1.807) is 7.06 Å².